The molecule has 1 amide bonds. The minimum Gasteiger partial charge on any atom is -0.497 e. The van der Waals surface area contributed by atoms with Gasteiger partial charge in [-0.1, -0.05) is 31.2 Å². The zero-order valence-electron chi connectivity index (χ0n) is 16.0. The van der Waals surface area contributed by atoms with Gasteiger partial charge in [0.1, 0.15) is 5.75 Å². The summed E-state index contributed by atoms with van der Waals surface area (Å²) in [5.41, 5.74) is 1.69. The number of carbonyl (C=O) groups is 2. The van der Waals surface area contributed by atoms with E-state index in [4.69, 9.17) is 9.47 Å². The number of thioether (sulfide) groups is 1. The molecule has 1 heterocycles. The summed E-state index contributed by atoms with van der Waals surface area (Å²) >= 11 is 1.76. The number of anilines is 1. The molecule has 0 saturated carbocycles. The standard InChI is InChI=1S/C22H23NO4S/c1-16-12-13-23(19-8-3-4-9-20(19)28-16)21(24)15-27-22(25)11-10-17-6-5-7-18(14-17)26-2/h3-11,14,16H,12-13,15H2,1-2H3/b11-10+/t16-/m1/s1. The van der Waals surface area contributed by atoms with Crippen molar-refractivity contribution < 1.29 is 19.1 Å². The first kappa shape index (κ1) is 20.0. The molecule has 0 saturated heterocycles. The van der Waals surface area contributed by atoms with Crippen LogP contribution in [-0.4, -0.2) is 37.4 Å². The van der Waals surface area contributed by atoms with E-state index in [1.54, 1.807) is 29.8 Å². The Hall–Kier alpha value is -2.73. The number of benzene rings is 2. The van der Waals surface area contributed by atoms with Crippen LogP contribution in [0, 0.1) is 0 Å². The zero-order chi connectivity index (χ0) is 19.9. The highest BCUT2D eigenvalue weighted by molar-refractivity contribution is 8.00. The van der Waals surface area contributed by atoms with Gasteiger partial charge in [-0.3, -0.25) is 4.79 Å². The van der Waals surface area contributed by atoms with Crippen molar-refractivity contribution in [3.05, 3.63) is 60.2 Å². The first-order chi connectivity index (χ1) is 13.6. The maximum Gasteiger partial charge on any atom is 0.331 e. The average Bonchev–Trinajstić information content (AvgIpc) is 2.88. The number of esters is 1. The monoisotopic (exact) mass is 397 g/mol. The molecule has 1 atom stereocenters. The van der Waals surface area contributed by atoms with Gasteiger partial charge in [-0.25, -0.2) is 4.79 Å². The topological polar surface area (TPSA) is 55.8 Å². The Morgan fingerprint density at radius 2 is 2.04 bits per heavy atom. The molecule has 2 aromatic carbocycles. The number of amides is 1. The van der Waals surface area contributed by atoms with Gasteiger partial charge in [0.05, 0.1) is 12.8 Å². The molecule has 5 nitrogen and oxygen atoms in total. The Labute approximate surface area is 169 Å². The molecule has 6 heteroatoms. The van der Waals surface area contributed by atoms with E-state index in [2.05, 4.69) is 6.92 Å². The van der Waals surface area contributed by atoms with E-state index >= 15 is 0 Å². The molecule has 0 N–H and O–H groups in total. The van der Waals surface area contributed by atoms with Crippen molar-refractivity contribution in [2.45, 2.75) is 23.5 Å². The Kier molecular flexibility index (Phi) is 6.76. The van der Waals surface area contributed by atoms with Crippen LogP contribution < -0.4 is 9.64 Å². The second-order valence-corrected chi connectivity index (χ2v) is 7.93. The predicted molar refractivity (Wildman–Crippen MR) is 112 cm³/mol. The van der Waals surface area contributed by atoms with E-state index in [1.165, 1.54) is 6.08 Å². The number of rotatable bonds is 5. The molecule has 28 heavy (non-hydrogen) atoms. The molecular weight excluding hydrogens is 374 g/mol. The number of hydrogen-bond donors (Lipinski definition) is 0. The third-order valence-electron chi connectivity index (χ3n) is 4.39. The van der Waals surface area contributed by atoms with E-state index in [0.717, 1.165) is 22.6 Å². The fraction of sp³-hybridized carbons (Fsp3) is 0.273. The number of fused-ring (bicyclic) bond motifs is 1. The van der Waals surface area contributed by atoms with E-state index in [-0.39, 0.29) is 12.5 Å². The molecular formula is C22H23NO4S. The predicted octanol–water partition coefficient (Wildman–Crippen LogP) is 4.17. The van der Waals surface area contributed by atoms with Crippen LogP contribution in [0.4, 0.5) is 5.69 Å². The zero-order valence-corrected chi connectivity index (χ0v) is 16.8. The van der Waals surface area contributed by atoms with Gasteiger partial charge in [0.15, 0.2) is 6.61 Å². The molecule has 0 spiro atoms. The number of methoxy groups -OCH3 is 1. The number of carbonyl (C=O) groups excluding carboxylic acids is 2. The number of hydrogen-bond acceptors (Lipinski definition) is 5. The molecule has 1 aliphatic rings. The quantitative estimate of drug-likeness (QED) is 0.560. The van der Waals surface area contributed by atoms with E-state index in [0.29, 0.717) is 17.5 Å². The minimum atomic E-state index is -0.554. The van der Waals surface area contributed by atoms with Crippen molar-refractivity contribution in [3.8, 4) is 5.75 Å². The summed E-state index contributed by atoms with van der Waals surface area (Å²) in [5.74, 6) is -0.0649. The van der Waals surface area contributed by atoms with Gasteiger partial charge in [0, 0.05) is 22.8 Å². The smallest absolute Gasteiger partial charge is 0.331 e. The van der Waals surface area contributed by atoms with E-state index < -0.39 is 5.97 Å². The van der Waals surface area contributed by atoms with Crippen LogP contribution in [0.3, 0.4) is 0 Å². The van der Waals surface area contributed by atoms with E-state index in [1.807, 2.05) is 48.5 Å². The molecule has 146 valence electrons. The van der Waals surface area contributed by atoms with Crippen molar-refractivity contribution >= 4 is 35.4 Å². The molecule has 0 fully saturated rings. The SMILES string of the molecule is COc1cccc(/C=C/C(=O)OCC(=O)N2CC[C@@H](C)Sc3ccccc32)c1. The summed E-state index contributed by atoms with van der Waals surface area (Å²) in [6, 6.07) is 15.2. The molecule has 2 aromatic rings. The largest absolute Gasteiger partial charge is 0.497 e. The summed E-state index contributed by atoms with van der Waals surface area (Å²) < 4.78 is 10.3. The summed E-state index contributed by atoms with van der Waals surface area (Å²) in [4.78, 5) is 27.5. The number of nitrogens with zero attached hydrogens (tertiary/aromatic N) is 1. The van der Waals surface area contributed by atoms with Gasteiger partial charge < -0.3 is 14.4 Å². The Balaban J connectivity index is 1.60. The van der Waals surface area contributed by atoms with Crippen LogP contribution in [0.25, 0.3) is 6.08 Å². The number of para-hydroxylation sites is 1. The molecule has 0 radical (unpaired) electrons. The molecule has 1 aliphatic heterocycles. The van der Waals surface area contributed by atoms with Crippen molar-refractivity contribution in [1.29, 1.82) is 0 Å². The van der Waals surface area contributed by atoms with Crippen molar-refractivity contribution in [1.82, 2.24) is 0 Å². The van der Waals surface area contributed by atoms with Crippen molar-refractivity contribution in [3.63, 3.8) is 0 Å². The first-order valence-electron chi connectivity index (χ1n) is 9.12. The molecule has 0 unspecified atom stereocenters. The van der Waals surface area contributed by atoms with Crippen LogP contribution in [0.1, 0.15) is 18.9 Å². The summed E-state index contributed by atoms with van der Waals surface area (Å²) in [5, 5.41) is 0.423. The molecule has 0 bridgehead atoms. The second-order valence-electron chi connectivity index (χ2n) is 6.45. The van der Waals surface area contributed by atoms with Crippen LogP contribution in [-0.2, 0) is 14.3 Å². The van der Waals surface area contributed by atoms with Crippen LogP contribution in [0.2, 0.25) is 0 Å². The minimum absolute atomic E-state index is 0.217. The van der Waals surface area contributed by atoms with Gasteiger partial charge in [-0.15, -0.1) is 11.8 Å². The highest BCUT2D eigenvalue weighted by atomic mass is 32.2. The summed E-state index contributed by atoms with van der Waals surface area (Å²) in [6.07, 6.45) is 3.83. The lowest BCUT2D eigenvalue weighted by molar-refractivity contribution is -0.142. The highest BCUT2D eigenvalue weighted by Crippen LogP contribution is 2.37. The first-order valence-corrected chi connectivity index (χ1v) is 9.99. The van der Waals surface area contributed by atoms with Crippen LogP contribution in [0.5, 0.6) is 5.75 Å². The molecule has 3 rings (SSSR count). The molecule has 0 aliphatic carbocycles. The number of ether oxygens (including phenoxy) is 2. The average molecular weight is 397 g/mol. The lowest BCUT2D eigenvalue weighted by Crippen LogP contribution is -2.35. The lowest BCUT2D eigenvalue weighted by atomic mass is 10.2. The van der Waals surface area contributed by atoms with Crippen LogP contribution in [0.15, 0.2) is 59.5 Å². The Morgan fingerprint density at radius 3 is 2.86 bits per heavy atom. The van der Waals surface area contributed by atoms with E-state index in [9.17, 15) is 9.59 Å². The third-order valence-corrected chi connectivity index (χ3v) is 5.63. The summed E-state index contributed by atoms with van der Waals surface area (Å²) in [7, 11) is 1.59. The van der Waals surface area contributed by atoms with Crippen LogP contribution >= 0.6 is 11.8 Å². The van der Waals surface area contributed by atoms with Gasteiger partial charge in [-0.05, 0) is 42.3 Å². The third kappa shape index (κ3) is 5.16. The lowest BCUT2D eigenvalue weighted by Gasteiger charge is -2.22. The fourth-order valence-electron chi connectivity index (χ4n) is 2.91. The summed E-state index contributed by atoms with van der Waals surface area (Å²) in [6.45, 7) is 2.48. The van der Waals surface area contributed by atoms with Gasteiger partial charge >= 0.3 is 5.97 Å². The normalized spacial score (nSPS) is 16.4. The van der Waals surface area contributed by atoms with Gasteiger partial charge in [0.25, 0.3) is 5.91 Å². The Bertz CT molecular complexity index is 880. The highest BCUT2D eigenvalue weighted by Gasteiger charge is 2.24. The van der Waals surface area contributed by atoms with Crippen molar-refractivity contribution in [2.24, 2.45) is 0 Å². The maximum atomic E-state index is 12.7. The second kappa shape index (κ2) is 9.46. The maximum absolute atomic E-state index is 12.7. The molecule has 0 aromatic heterocycles. The van der Waals surface area contributed by atoms with Gasteiger partial charge in [0.2, 0.25) is 0 Å². The Morgan fingerprint density at radius 1 is 1.21 bits per heavy atom. The fourth-order valence-corrected chi connectivity index (χ4v) is 4.03. The van der Waals surface area contributed by atoms with Crippen molar-refractivity contribution in [2.75, 3.05) is 25.2 Å². The van der Waals surface area contributed by atoms with Gasteiger partial charge in [-0.2, -0.15) is 0 Å².